The number of allylic oxidation sites excluding steroid dienone is 1. The van der Waals surface area contributed by atoms with Gasteiger partial charge in [0.15, 0.2) is 0 Å². The number of halogens is 1. The van der Waals surface area contributed by atoms with Crippen molar-refractivity contribution in [2.45, 2.75) is 6.92 Å². The normalized spacial score (nSPS) is 15.6. The number of hydrogen-bond acceptors (Lipinski definition) is 5. The summed E-state index contributed by atoms with van der Waals surface area (Å²) >= 11 is 11.0. The van der Waals surface area contributed by atoms with Crippen molar-refractivity contribution in [2.24, 2.45) is 0 Å². The van der Waals surface area contributed by atoms with Crippen LogP contribution in [0, 0.1) is 0 Å². The van der Waals surface area contributed by atoms with Crippen LogP contribution in [0.2, 0.25) is 0 Å². The molecule has 0 aliphatic carbocycles. The van der Waals surface area contributed by atoms with Gasteiger partial charge < -0.3 is 14.0 Å². The lowest BCUT2D eigenvalue weighted by Gasteiger charge is -2.15. The topological polar surface area (TPSA) is 44.8 Å². The molecule has 1 unspecified atom stereocenters. The summed E-state index contributed by atoms with van der Waals surface area (Å²) in [6, 6.07) is 0. The van der Waals surface area contributed by atoms with Crippen molar-refractivity contribution in [3.05, 3.63) is 11.8 Å². The van der Waals surface area contributed by atoms with Crippen LogP contribution < -0.4 is 0 Å². The third-order valence-corrected chi connectivity index (χ3v) is 4.13. The van der Waals surface area contributed by atoms with Crippen LogP contribution in [-0.2, 0) is 30.6 Å². The molecule has 0 fully saturated rings. The fraction of sp³-hybridized carbons (Fsp3) is 0.625. The average molecular weight is 273 g/mol. The van der Waals surface area contributed by atoms with Crippen molar-refractivity contribution < 1.29 is 18.8 Å². The van der Waals surface area contributed by atoms with E-state index in [1.54, 1.807) is 14.0 Å². The van der Waals surface area contributed by atoms with Gasteiger partial charge in [-0.05, 0) is 30.0 Å². The van der Waals surface area contributed by atoms with Gasteiger partial charge in [-0.15, -0.1) is 0 Å². The fourth-order valence-electron chi connectivity index (χ4n) is 0.712. The van der Waals surface area contributed by atoms with Crippen LogP contribution in [0.15, 0.2) is 11.8 Å². The molecule has 1 atom stereocenters. The van der Waals surface area contributed by atoms with Crippen molar-refractivity contribution in [1.29, 1.82) is 0 Å². The summed E-state index contributed by atoms with van der Waals surface area (Å²) in [4.78, 5) is 10.9. The van der Waals surface area contributed by atoms with E-state index in [2.05, 4.69) is 4.74 Å². The van der Waals surface area contributed by atoms with Gasteiger partial charge in [0.2, 0.25) is 5.62 Å². The van der Waals surface area contributed by atoms with Crippen LogP contribution in [0.4, 0.5) is 0 Å². The van der Waals surface area contributed by atoms with Gasteiger partial charge in [-0.25, -0.2) is 4.79 Å². The zero-order valence-electron chi connectivity index (χ0n) is 8.86. The highest BCUT2D eigenvalue weighted by molar-refractivity contribution is 8.24. The Morgan fingerprint density at radius 2 is 2.13 bits per heavy atom. The van der Waals surface area contributed by atoms with Crippen molar-refractivity contribution in [2.75, 3.05) is 27.0 Å². The number of carbonyl (C=O) groups is 1. The Bertz CT molecular complexity index is 292. The van der Waals surface area contributed by atoms with E-state index in [1.165, 1.54) is 13.2 Å². The van der Waals surface area contributed by atoms with Crippen molar-refractivity contribution in [3.8, 4) is 0 Å². The van der Waals surface area contributed by atoms with E-state index >= 15 is 0 Å². The number of methoxy groups -OCH3 is 2. The molecule has 0 aromatic rings. The maximum Gasteiger partial charge on any atom is 0.333 e. The maximum absolute atomic E-state index is 10.9. The first kappa shape index (κ1) is 14.9. The first-order valence-electron chi connectivity index (χ1n) is 4.15. The molecule has 0 heterocycles. The minimum atomic E-state index is -2.43. The van der Waals surface area contributed by atoms with Crippen LogP contribution >= 0.6 is 16.9 Å². The van der Waals surface area contributed by atoms with E-state index in [4.69, 9.17) is 32.3 Å². The Kier molecular flexibility index (Phi) is 7.18. The smallest absolute Gasteiger partial charge is 0.333 e. The number of hydrogen-bond donors (Lipinski definition) is 0. The number of esters is 1. The molecule has 0 rings (SSSR count). The van der Waals surface area contributed by atoms with Crippen LogP contribution in [0.5, 0.6) is 0 Å². The molecule has 7 heteroatoms. The summed E-state index contributed by atoms with van der Waals surface area (Å²) in [7, 11) is 2.84. The third-order valence-electron chi connectivity index (χ3n) is 1.37. The molecule has 0 aromatic carbocycles. The summed E-state index contributed by atoms with van der Waals surface area (Å²) < 4.78 is 14.6. The number of carbonyl (C=O) groups excluding carboxylic acids is 1. The Morgan fingerprint density at radius 1 is 1.53 bits per heavy atom. The highest BCUT2D eigenvalue weighted by Gasteiger charge is 2.15. The summed E-state index contributed by atoms with van der Waals surface area (Å²) in [5.41, 5.74) is -2.43. The third kappa shape index (κ3) is 7.79. The minimum absolute atomic E-state index is 0.358. The first-order chi connectivity index (χ1) is 6.91. The predicted octanol–water partition coefficient (Wildman–Crippen LogP) is 2.27. The van der Waals surface area contributed by atoms with Crippen molar-refractivity contribution in [3.63, 3.8) is 0 Å². The van der Waals surface area contributed by atoms with Crippen molar-refractivity contribution in [1.82, 2.24) is 0 Å². The number of rotatable bonds is 6. The van der Waals surface area contributed by atoms with E-state index < -0.39 is 11.6 Å². The molecule has 0 bridgehead atoms. The molecule has 0 amide bonds. The second-order valence-corrected chi connectivity index (χ2v) is 8.50. The SMILES string of the molecule is COCCP(=S)(Cl)OC(C)=CC(=O)OC. The average Bonchev–Trinajstić information content (AvgIpc) is 2.13. The van der Waals surface area contributed by atoms with Crippen LogP contribution in [0.1, 0.15) is 6.92 Å². The molecule has 0 aromatic heterocycles. The zero-order valence-corrected chi connectivity index (χ0v) is 11.3. The van der Waals surface area contributed by atoms with E-state index in [1.807, 2.05) is 0 Å². The lowest BCUT2D eigenvalue weighted by Crippen LogP contribution is -1.99. The molecule has 0 radical (unpaired) electrons. The van der Waals surface area contributed by atoms with Gasteiger partial charge in [-0.3, -0.25) is 0 Å². The molecule has 0 saturated carbocycles. The summed E-state index contributed by atoms with van der Waals surface area (Å²) in [6.45, 7) is 2.04. The highest BCUT2D eigenvalue weighted by atomic mass is 35.7. The van der Waals surface area contributed by atoms with Gasteiger partial charge in [-0.1, -0.05) is 0 Å². The van der Waals surface area contributed by atoms with E-state index in [0.29, 0.717) is 18.5 Å². The molecule has 0 N–H and O–H groups in total. The Balaban J connectivity index is 4.26. The maximum atomic E-state index is 10.9. The van der Waals surface area contributed by atoms with Crippen LogP contribution in [0.25, 0.3) is 0 Å². The molecular weight excluding hydrogens is 259 g/mol. The monoisotopic (exact) mass is 272 g/mol. The Morgan fingerprint density at radius 3 is 2.60 bits per heavy atom. The molecule has 0 saturated heterocycles. The fourth-order valence-corrected chi connectivity index (χ4v) is 2.80. The quantitative estimate of drug-likeness (QED) is 0.321. The van der Waals surface area contributed by atoms with Crippen LogP contribution in [0.3, 0.4) is 0 Å². The summed E-state index contributed by atoms with van der Waals surface area (Å²) in [6.07, 6.45) is 1.66. The van der Waals surface area contributed by atoms with Gasteiger partial charge in [0, 0.05) is 13.3 Å². The molecule has 88 valence electrons. The minimum Gasteiger partial charge on any atom is -0.466 e. The van der Waals surface area contributed by atoms with E-state index in [9.17, 15) is 4.79 Å². The first-order valence-corrected chi connectivity index (χ1v) is 7.96. The highest BCUT2D eigenvalue weighted by Crippen LogP contribution is 2.54. The van der Waals surface area contributed by atoms with Gasteiger partial charge in [0.25, 0.3) is 0 Å². The standard InChI is InChI=1S/C8H14ClO4PS/c1-7(6-8(10)12-3)13-14(9,15)5-4-11-2/h6H,4-5H2,1-3H3. The Labute approximate surface area is 99.4 Å². The largest absolute Gasteiger partial charge is 0.466 e. The lowest BCUT2D eigenvalue weighted by molar-refractivity contribution is -0.135. The summed E-state index contributed by atoms with van der Waals surface area (Å²) in [5.74, 6) is -0.137. The second kappa shape index (κ2) is 7.23. The van der Waals surface area contributed by atoms with Crippen molar-refractivity contribution >= 4 is 34.6 Å². The van der Waals surface area contributed by atoms with Gasteiger partial charge in [0.1, 0.15) is 5.76 Å². The Hall–Kier alpha value is -0.0900. The molecule has 4 nitrogen and oxygen atoms in total. The van der Waals surface area contributed by atoms with Gasteiger partial charge in [0.05, 0.1) is 19.8 Å². The van der Waals surface area contributed by atoms with Gasteiger partial charge >= 0.3 is 5.97 Å². The molecule has 15 heavy (non-hydrogen) atoms. The summed E-state index contributed by atoms with van der Waals surface area (Å²) in [5, 5.41) is 0. The zero-order chi connectivity index (χ0) is 11.9. The molecule has 0 spiro atoms. The molecule has 0 aliphatic rings. The lowest BCUT2D eigenvalue weighted by atomic mass is 10.5. The van der Waals surface area contributed by atoms with E-state index in [0.717, 1.165) is 0 Å². The second-order valence-electron chi connectivity index (χ2n) is 2.68. The number of ether oxygens (including phenoxy) is 2. The molecule has 0 aliphatic heterocycles. The van der Waals surface area contributed by atoms with Crippen LogP contribution in [-0.4, -0.2) is 33.0 Å². The predicted molar refractivity (Wildman–Crippen MR) is 63.7 cm³/mol. The molecular formula is C8H14ClO4PS. The van der Waals surface area contributed by atoms with Gasteiger partial charge in [-0.2, -0.15) is 0 Å². The van der Waals surface area contributed by atoms with E-state index in [-0.39, 0.29) is 0 Å².